The van der Waals surface area contributed by atoms with Gasteiger partial charge in [0, 0.05) is 5.39 Å². The Labute approximate surface area is 172 Å². The van der Waals surface area contributed by atoms with E-state index in [-0.39, 0.29) is 13.1 Å². The first kappa shape index (κ1) is 19.9. The summed E-state index contributed by atoms with van der Waals surface area (Å²) < 4.78 is 25.2. The van der Waals surface area contributed by atoms with Crippen LogP contribution in [-0.2, 0) is 4.74 Å². The summed E-state index contributed by atoms with van der Waals surface area (Å²) in [6, 6.07) is 7.28. The average molecular weight is 414 g/mol. The molecule has 1 aromatic carbocycles. The molecule has 0 amide bonds. The zero-order valence-electron chi connectivity index (χ0n) is 17.2. The Bertz CT molecular complexity index is 1090. The summed E-state index contributed by atoms with van der Waals surface area (Å²) >= 11 is 0. The van der Waals surface area contributed by atoms with Gasteiger partial charge in [0.1, 0.15) is 11.8 Å². The molecule has 1 N–H and O–H groups in total. The molecule has 10 heteroatoms. The normalized spacial score (nSPS) is 14.5. The number of hydrogen-bond acceptors (Lipinski definition) is 8. The molecule has 1 aliphatic rings. The lowest BCUT2D eigenvalue weighted by Gasteiger charge is -2.34. The second kappa shape index (κ2) is 7.43. The Morgan fingerprint density at radius 2 is 1.97 bits per heavy atom. The van der Waals surface area contributed by atoms with Crippen molar-refractivity contribution >= 4 is 34.6 Å². The van der Waals surface area contributed by atoms with Crippen LogP contribution in [0.4, 0.5) is 26.8 Å². The zero-order valence-corrected chi connectivity index (χ0v) is 17.2. The molecule has 1 fully saturated rings. The van der Waals surface area contributed by atoms with E-state index < -0.39 is 17.9 Å². The third-order valence-corrected chi connectivity index (χ3v) is 4.47. The molecule has 9 nitrogen and oxygen atoms in total. The number of para-hydroxylation sites is 1. The molecule has 4 rings (SSSR count). The lowest BCUT2D eigenvalue weighted by Crippen LogP contribution is -2.49. The predicted octanol–water partition coefficient (Wildman–Crippen LogP) is 3.52. The van der Waals surface area contributed by atoms with Crippen molar-refractivity contribution in [3.8, 4) is 5.75 Å². The van der Waals surface area contributed by atoms with Gasteiger partial charge >= 0.3 is 6.09 Å². The molecule has 0 aliphatic carbocycles. The fourth-order valence-corrected chi connectivity index (χ4v) is 3.06. The molecule has 3 aromatic rings. The van der Waals surface area contributed by atoms with Crippen molar-refractivity contribution in [2.45, 2.75) is 32.5 Å². The quantitative estimate of drug-likeness (QED) is 0.693. The topological polar surface area (TPSA) is 94.4 Å². The van der Waals surface area contributed by atoms with Gasteiger partial charge in [-0.25, -0.2) is 14.2 Å². The summed E-state index contributed by atoms with van der Waals surface area (Å²) in [5.41, 5.74) is -0.0703. The van der Waals surface area contributed by atoms with Gasteiger partial charge in [-0.05, 0) is 32.9 Å². The van der Waals surface area contributed by atoms with E-state index in [1.165, 1.54) is 18.0 Å². The lowest BCUT2D eigenvalue weighted by atomic mass is 10.2. The molecule has 0 spiro atoms. The highest BCUT2D eigenvalue weighted by molar-refractivity contribution is 5.96. The minimum Gasteiger partial charge on any atom is -0.491 e. The van der Waals surface area contributed by atoms with E-state index >= 15 is 0 Å². The summed E-state index contributed by atoms with van der Waals surface area (Å²) in [7, 11) is 1.50. The first-order valence-electron chi connectivity index (χ1n) is 9.53. The van der Waals surface area contributed by atoms with Gasteiger partial charge in [-0.2, -0.15) is 9.67 Å². The number of rotatable bonds is 4. The van der Waals surface area contributed by atoms with Crippen LogP contribution in [0.15, 0.2) is 30.5 Å². The third kappa shape index (κ3) is 3.85. The van der Waals surface area contributed by atoms with E-state index in [0.717, 1.165) is 0 Å². The van der Waals surface area contributed by atoms with Crippen molar-refractivity contribution in [2.75, 3.05) is 30.4 Å². The number of methoxy groups -OCH3 is 1. The molecule has 0 atom stereocenters. The number of fused-ring (bicyclic) bond motifs is 1. The van der Waals surface area contributed by atoms with Crippen molar-refractivity contribution in [1.82, 2.24) is 19.7 Å². The molecule has 3 heterocycles. The number of carbonyl (C=O) groups is 1. The maximum atomic E-state index is 13.2. The van der Waals surface area contributed by atoms with Crippen LogP contribution >= 0.6 is 0 Å². The number of anilines is 3. The van der Waals surface area contributed by atoms with E-state index in [0.29, 0.717) is 34.2 Å². The van der Waals surface area contributed by atoms with Crippen LogP contribution in [0.3, 0.4) is 0 Å². The van der Waals surface area contributed by atoms with Gasteiger partial charge < -0.3 is 19.7 Å². The summed E-state index contributed by atoms with van der Waals surface area (Å²) in [5.74, 6) is 1.56. The van der Waals surface area contributed by atoms with E-state index in [1.807, 2.05) is 18.2 Å². The number of alkyl halides is 1. The number of aromatic nitrogens is 4. The van der Waals surface area contributed by atoms with Crippen molar-refractivity contribution in [3.63, 3.8) is 0 Å². The van der Waals surface area contributed by atoms with Crippen LogP contribution in [0.5, 0.6) is 5.75 Å². The number of halogens is 1. The molecule has 30 heavy (non-hydrogen) atoms. The number of carbonyl (C=O) groups excluding carboxylic acids is 1. The summed E-state index contributed by atoms with van der Waals surface area (Å²) in [4.78, 5) is 23.1. The highest BCUT2D eigenvalue weighted by Crippen LogP contribution is 2.31. The summed E-state index contributed by atoms with van der Waals surface area (Å²) in [5, 5.41) is 8.24. The van der Waals surface area contributed by atoms with E-state index in [2.05, 4.69) is 20.4 Å². The molecular weight excluding hydrogens is 391 g/mol. The maximum Gasteiger partial charge on any atom is 0.435 e. The van der Waals surface area contributed by atoms with Crippen LogP contribution < -0.4 is 15.0 Å². The molecule has 158 valence electrons. The van der Waals surface area contributed by atoms with Gasteiger partial charge in [-0.3, -0.25) is 0 Å². The summed E-state index contributed by atoms with van der Waals surface area (Å²) in [6.45, 7) is 5.88. The molecular formula is C20H23FN6O3. The van der Waals surface area contributed by atoms with Crippen LogP contribution in [0.1, 0.15) is 20.8 Å². The smallest absolute Gasteiger partial charge is 0.435 e. The minimum atomic E-state index is -0.874. The SMILES string of the molecule is COc1cnc(N2CC(F)C2)nc1Nc1nn(C(=O)OC(C)(C)C)c2ccccc12. The molecule has 2 aromatic heterocycles. The van der Waals surface area contributed by atoms with Crippen molar-refractivity contribution in [2.24, 2.45) is 0 Å². The van der Waals surface area contributed by atoms with Crippen molar-refractivity contribution < 1.29 is 18.7 Å². The number of ether oxygens (including phenoxy) is 2. The minimum absolute atomic E-state index is 0.252. The molecule has 1 saturated heterocycles. The maximum absolute atomic E-state index is 13.2. The number of benzene rings is 1. The van der Waals surface area contributed by atoms with Crippen molar-refractivity contribution in [1.29, 1.82) is 0 Å². The zero-order chi connectivity index (χ0) is 21.5. The molecule has 0 radical (unpaired) electrons. The van der Waals surface area contributed by atoms with Gasteiger partial charge in [0.2, 0.25) is 5.95 Å². The lowest BCUT2D eigenvalue weighted by molar-refractivity contribution is 0.0523. The van der Waals surface area contributed by atoms with E-state index in [4.69, 9.17) is 9.47 Å². The van der Waals surface area contributed by atoms with Gasteiger partial charge in [0.25, 0.3) is 0 Å². The second-order valence-electron chi connectivity index (χ2n) is 7.97. The highest BCUT2D eigenvalue weighted by Gasteiger charge is 2.29. The van der Waals surface area contributed by atoms with E-state index in [1.54, 1.807) is 31.7 Å². The Balaban J connectivity index is 1.70. The first-order chi connectivity index (χ1) is 14.2. The number of nitrogens with one attached hydrogen (secondary N) is 1. The standard InChI is InChI=1S/C20H23FN6O3/c1-20(2,3)30-19(28)27-14-8-6-5-7-13(14)16(25-27)23-17-15(29-4)9-22-18(24-17)26-10-12(21)11-26/h5-9,12H,10-11H2,1-4H3,(H,22,23,24,25). The molecule has 0 unspecified atom stereocenters. The molecule has 0 bridgehead atoms. The predicted molar refractivity (Wildman–Crippen MR) is 110 cm³/mol. The van der Waals surface area contributed by atoms with Crippen LogP contribution in [0, 0.1) is 0 Å². The van der Waals surface area contributed by atoms with Crippen LogP contribution in [0.25, 0.3) is 10.9 Å². The average Bonchev–Trinajstić information content (AvgIpc) is 3.03. The fraction of sp³-hybridized carbons (Fsp3) is 0.400. The monoisotopic (exact) mass is 414 g/mol. The van der Waals surface area contributed by atoms with Crippen LogP contribution in [0.2, 0.25) is 0 Å². The molecule has 1 aliphatic heterocycles. The number of hydrogen-bond donors (Lipinski definition) is 1. The third-order valence-electron chi connectivity index (χ3n) is 4.47. The Hall–Kier alpha value is -3.43. The number of nitrogens with zero attached hydrogens (tertiary/aromatic N) is 5. The fourth-order valence-electron chi connectivity index (χ4n) is 3.06. The highest BCUT2D eigenvalue weighted by atomic mass is 19.1. The first-order valence-corrected chi connectivity index (χ1v) is 9.53. The van der Waals surface area contributed by atoms with Gasteiger partial charge in [-0.15, -0.1) is 5.10 Å². The molecule has 0 saturated carbocycles. The Kier molecular flexibility index (Phi) is 4.92. The Morgan fingerprint density at radius 3 is 2.63 bits per heavy atom. The van der Waals surface area contributed by atoms with Gasteiger partial charge in [-0.1, -0.05) is 12.1 Å². The van der Waals surface area contributed by atoms with Crippen molar-refractivity contribution in [3.05, 3.63) is 30.5 Å². The van der Waals surface area contributed by atoms with Crippen LogP contribution in [-0.4, -0.2) is 57.8 Å². The largest absolute Gasteiger partial charge is 0.491 e. The van der Waals surface area contributed by atoms with Gasteiger partial charge in [0.05, 0.1) is 31.9 Å². The van der Waals surface area contributed by atoms with Gasteiger partial charge in [0.15, 0.2) is 17.4 Å². The Morgan fingerprint density at radius 1 is 1.23 bits per heavy atom. The second-order valence-corrected chi connectivity index (χ2v) is 7.97. The van der Waals surface area contributed by atoms with E-state index in [9.17, 15) is 9.18 Å². The summed E-state index contributed by atoms with van der Waals surface area (Å²) in [6.07, 6.45) is 0.0563.